The van der Waals surface area contributed by atoms with Crippen molar-refractivity contribution in [1.29, 1.82) is 0 Å². The fourth-order valence-corrected chi connectivity index (χ4v) is 3.02. The van der Waals surface area contributed by atoms with E-state index < -0.39 is 34.0 Å². The largest absolute Gasteiger partial charge is 0.383 e. The van der Waals surface area contributed by atoms with Gasteiger partial charge in [0.05, 0.1) is 5.57 Å². The van der Waals surface area contributed by atoms with Crippen molar-refractivity contribution >= 4 is 16.9 Å². The lowest BCUT2D eigenvalue weighted by molar-refractivity contribution is -0.263. The Kier molecular flexibility index (Phi) is 2.83. The van der Waals surface area contributed by atoms with Gasteiger partial charge in [-0.3, -0.25) is 0 Å². The summed E-state index contributed by atoms with van der Waals surface area (Å²) in [6.45, 7) is 2.74. The third-order valence-electron chi connectivity index (χ3n) is 2.87. The van der Waals surface area contributed by atoms with Gasteiger partial charge in [-0.2, -0.15) is 26.3 Å². The normalized spacial score (nSPS) is 24.1. The van der Waals surface area contributed by atoms with Crippen molar-refractivity contribution in [3.63, 3.8) is 0 Å². The molecule has 0 amide bonds. The van der Waals surface area contributed by atoms with Crippen LogP contribution in [0.25, 0.3) is 5.57 Å². The number of halogens is 7. The summed E-state index contributed by atoms with van der Waals surface area (Å²) in [5.74, 6) is -19.3. The topological polar surface area (TPSA) is 0 Å². The van der Waals surface area contributed by atoms with E-state index in [9.17, 15) is 30.7 Å². The SMILES string of the molecule is Cc1cc(C)c(C2=C(F)C(F)(F)C(F)(F)C2(F)F)s1. The summed E-state index contributed by atoms with van der Waals surface area (Å²) in [5, 5.41) is 0. The van der Waals surface area contributed by atoms with E-state index in [0.29, 0.717) is 16.2 Å². The number of rotatable bonds is 1. The summed E-state index contributed by atoms with van der Waals surface area (Å²) in [6, 6.07) is 1.34. The third kappa shape index (κ3) is 1.58. The first-order valence-corrected chi connectivity index (χ1v) is 5.87. The highest BCUT2D eigenvalue weighted by atomic mass is 32.1. The highest BCUT2D eigenvalue weighted by Crippen LogP contribution is 2.63. The molecular weight excluding hydrogens is 297 g/mol. The van der Waals surface area contributed by atoms with Gasteiger partial charge in [0.2, 0.25) is 0 Å². The van der Waals surface area contributed by atoms with E-state index in [-0.39, 0.29) is 5.56 Å². The van der Waals surface area contributed by atoms with Crippen molar-refractivity contribution < 1.29 is 30.7 Å². The second-order valence-electron chi connectivity index (χ2n) is 4.28. The van der Waals surface area contributed by atoms with Crippen molar-refractivity contribution in [2.75, 3.05) is 0 Å². The van der Waals surface area contributed by atoms with E-state index in [1.807, 2.05) is 0 Å². The van der Waals surface area contributed by atoms with Crippen molar-refractivity contribution in [2.24, 2.45) is 0 Å². The van der Waals surface area contributed by atoms with E-state index in [1.165, 1.54) is 19.9 Å². The van der Waals surface area contributed by atoms with Crippen LogP contribution in [0.3, 0.4) is 0 Å². The Bertz CT molecular complexity index is 568. The zero-order chi connectivity index (χ0) is 14.8. The van der Waals surface area contributed by atoms with Crippen LogP contribution < -0.4 is 0 Å². The first-order chi connectivity index (χ1) is 8.44. The maximum Gasteiger partial charge on any atom is 0.383 e. The quantitative estimate of drug-likeness (QED) is 0.643. The van der Waals surface area contributed by atoms with E-state index >= 15 is 0 Å². The monoisotopic (exact) mass is 304 g/mol. The van der Waals surface area contributed by atoms with Crippen LogP contribution in [0.15, 0.2) is 11.9 Å². The van der Waals surface area contributed by atoms with Gasteiger partial charge in [0.1, 0.15) is 0 Å². The smallest absolute Gasteiger partial charge is 0.204 e. The van der Waals surface area contributed by atoms with E-state index in [1.54, 1.807) is 0 Å². The predicted octanol–water partition coefficient (Wildman–Crippen LogP) is 4.97. The lowest BCUT2D eigenvalue weighted by Crippen LogP contribution is -2.48. The van der Waals surface area contributed by atoms with Crippen molar-refractivity contribution in [3.8, 4) is 0 Å². The zero-order valence-corrected chi connectivity index (χ0v) is 10.4. The Morgan fingerprint density at radius 3 is 1.79 bits per heavy atom. The fraction of sp³-hybridized carbons (Fsp3) is 0.455. The Labute approximate surface area is 107 Å². The molecule has 1 aliphatic rings. The molecule has 1 aliphatic carbocycles. The van der Waals surface area contributed by atoms with Crippen LogP contribution in [-0.2, 0) is 0 Å². The molecule has 1 aromatic heterocycles. The molecule has 0 aromatic carbocycles. The van der Waals surface area contributed by atoms with Gasteiger partial charge in [-0.05, 0) is 25.5 Å². The molecule has 0 radical (unpaired) electrons. The molecule has 0 spiro atoms. The summed E-state index contributed by atoms with van der Waals surface area (Å²) < 4.78 is 92.5. The Hall–Kier alpha value is -1.05. The molecule has 0 N–H and O–H groups in total. The van der Waals surface area contributed by atoms with Crippen LogP contribution in [0, 0.1) is 13.8 Å². The van der Waals surface area contributed by atoms with Crippen LogP contribution in [-0.4, -0.2) is 17.8 Å². The second kappa shape index (κ2) is 3.74. The molecule has 0 bridgehead atoms. The number of thiophene rings is 1. The number of hydrogen-bond donors (Lipinski definition) is 0. The number of alkyl halides is 6. The third-order valence-corrected chi connectivity index (χ3v) is 4.04. The number of allylic oxidation sites excluding steroid dienone is 2. The molecule has 0 saturated carbocycles. The fourth-order valence-electron chi connectivity index (χ4n) is 1.92. The second-order valence-corrected chi connectivity index (χ2v) is 5.54. The standard InChI is InChI=1S/C11H7F7S/c1-4-3-5(2)19-7(4)6-8(12)10(15,16)11(17,18)9(6,13)14/h3H,1-2H3. The summed E-state index contributed by atoms with van der Waals surface area (Å²) in [7, 11) is 0. The van der Waals surface area contributed by atoms with Gasteiger partial charge in [-0.15, -0.1) is 11.3 Å². The Morgan fingerprint density at radius 2 is 1.47 bits per heavy atom. The zero-order valence-electron chi connectivity index (χ0n) is 9.63. The maximum atomic E-state index is 13.5. The summed E-state index contributed by atoms with van der Waals surface area (Å²) in [6.07, 6.45) is 0. The minimum Gasteiger partial charge on any atom is -0.204 e. The molecule has 2 rings (SSSR count). The van der Waals surface area contributed by atoms with Crippen LogP contribution in [0.4, 0.5) is 30.7 Å². The molecule has 0 saturated heterocycles. The molecule has 0 fully saturated rings. The highest BCUT2D eigenvalue weighted by molar-refractivity contribution is 7.13. The van der Waals surface area contributed by atoms with E-state index in [4.69, 9.17) is 0 Å². The van der Waals surface area contributed by atoms with Gasteiger partial charge < -0.3 is 0 Å². The molecule has 19 heavy (non-hydrogen) atoms. The van der Waals surface area contributed by atoms with E-state index in [2.05, 4.69) is 0 Å². The minimum atomic E-state index is -5.77. The summed E-state index contributed by atoms with van der Waals surface area (Å²) in [4.78, 5) is -0.140. The molecule has 106 valence electrons. The number of aryl methyl sites for hydroxylation is 2. The van der Waals surface area contributed by atoms with Crippen molar-refractivity contribution in [3.05, 3.63) is 27.2 Å². The Balaban J connectivity index is 2.75. The van der Waals surface area contributed by atoms with Gasteiger partial charge in [0.25, 0.3) is 0 Å². The molecule has 8 heteroatoms. The molecule has 1 aromatic rings. The highest BCUT2D eigenvalue weighted by Gasteiger charge is 2.81. The van der Waals surface area contributed by atoms with Gasteiger partial charge in [0, 0.05) is 9.75 Å². The first kappa shape index (κ1) is 14.4. The molecule has 1 heterocycles. The molecule has 0 unspecified atom stereocenters. The van der Waals surface area contributed by atoms with Gasteiger partial charge in [-0.1, -0.05) is 0 Å². The van der Waals surface area contributed by atoms with Gasteiger partial charge in [-0.25, -0.2) is 4.39 Å². The lowest BCUT2D eigenvalue weighted by Gasteiger charge is -2.24. The predicted molar refractivity (Wildman–Crippen MR) is 56.7 cm³/mol. The van der Waals surface area contributed by atoms with Gasteiger partial charge in [0.15, 0.2) is 5.83 Å². The van der Waals surface area contributed by atoms with Crippen molar-refractivity contribution in [2.45, 2.75) is 31.6 Å². The van der Waals surface area contributed by atoms with Crippen LogP contribution in [0.2, 0.25) is 0 Å². The van der Waals surface area contributed by atoms with Gasteiger partial charge >= 0.3 is 17.8 Å². The summed E-state index contributed by atoms with van der Waals surface area (Å²) in [5.41, 5.74) is -1.85. The average molecular weight is 304 g/mol. The van der Waals surface area contributed by atoms with Crippen molar-refractivity contribution in [1.82, 2.24) is 0 Å². The van der Waals surface area contributed by atoms with Crippen LogP contribution in [0.5, 0.6) is 0 Å². The van der Waals surface area contributed by atoms with Crippen LogP contribution in [0.1, 0.15) is 15.3 Å². The van der Waals surface area contributed by atoms with Crippen LogP contribution >= 0.6 is 11.3 Å². The average Bonchev–Trinajstić information content (AvgIpc) is 2.60. The summed E-state index contributed by atoms with van der Waals surface area (Å²) >= 11 is 0.575. The Morgan fingerprint density at radius 1 is 0.947 bits per heavy atom. The van der Waals surface area contributed by atoms with E-state index in [0.717, 1.165) is 0 Å². The minimum absolute atomic E-state index is 0.0563. The lowest BCUT2D eigenvalue weighted by atomic mass is 10.1. The number of hydrogen-bond acceptors (Lipinski definition) is 1. The molecule has 0 atom stereocenters. The first-order valence-electron chi connectivity index (χ1n) is 5.06. The molecule has 0 nitrogen and oxygen atoms in total. The molecule has 0 aliphatic heterocycles. The maximum absolute atomic E-state index is 13.5. The molecular formula is C11H7F7S.